The van der Waals surface area contributed by atoms with E-state index in [2.05, 4.69) is 38.5 Å². The third-order valence-electron chi connectivity index (χ3n) is 1.78. The van der Waals surface area contributed by atoms with Gasteiger partial charge in [0.25, 0.3) is 0 Å². The van der Waals surface area contributed by atoms with Crippen LogP contribution in [0.5, 0.6) is 0 Å². The summed E-state index contributed by atoms with van der Waals surface area (Å²) < 4.78 is 3.25. The fourth-order valence-corrected chi connectivity index (χ4v) is 3.52. The number of benzene rings is 1. The van der Waals surface area contributed by atoms with Gasteiger partial charge in [-0.3, -0.25) is 4.79 Å². The van der Waals surface area contributed by atoms with Gasteiger partial charge in [-0.15, -0.1) is 11.3 Å². The molecular weight excluding hydrogens is 363 g/mol. The van der Waals surface area contributed by atoms with E-state index in [0.717, 1.165) is 25.3 Å². The lowest BCUT2D eigenvalue weighted by Gasteiger charge is -2.01. The van der Waals surface area contributed by atoms with Crippen LogP contribution in [0.4, 0.5) is 0 Å². The molecule has 66 valence electrons. The molecular formula is C9H4BrIOS. The van der Waals surface area contributed by atoms with Crippen LogP contribution in [0, 0.1) is 3.57 Å². The highest BCUT2D eigenvalue weighted by molar-refractivity contribution is 14.1. The summed E-state index contributed by atoms with van der Waals surface area (Å²) >= 11 is 7.36. The topological polar surface area (TPSA) is 17.1 Å². The molecule has 0 bridgehead atoms. The minimum absolute atomic E-state index is 0.718. The molecule has 0 unspecified atom stereocenters. The van der Waals surface area contributed by atoms with Gasteiger partial charge in [-0.1, -0.05) is 0 Å². The Balaban J connectivity index is 2.91. The van der Waals surface area contributed by atoms with Crippen molar-refractivity contribution in [1.29, 1.82) is 0 Å². The molecule has 1 aromatic carbocycles. The van der Waals surface area contributed by atoms with E-state index in [9.17, 15) is 4.79 Å². The van der Waals surface area contributed by atoms with Crippen molar-refractivity contribution < 1.29 is 4.79 Å². The molecule has 0 amide bonds. The van der Waals surface area contributed by atoms with E-state index < -0.39 is 0 Å². The maximum absolute atomic E-state index is 10.7. The van der Waals surface area contributed by atoms with Crippen molar-refractivity contribution in [3.8, 4) is 0 Å². The van der Waals surface area contributed by atoms with E-state index >= 15 is 0 Å². The molecule has 1 aromatic heterocycles. The van der Waals surface area contributed by atoms with E-state index in [1.54, 1.807) is 11.3 Å². The molecule has 13 heavy (non-hydrogen) atoms. The summed E-state index contributed by atoms with van der Waals surface area (Å²) in [5.41, 5.74) is 0.718. The van der Waals surface area contributed by atoms with Crippen LogP contribution in [0.25, 0.3) is 10.1 Å². The average molecular weight is 367 g/mol. The van der Waals surface area contributed by atoms with Crippen LogP contribution in [0.1, 0.15) is 10.4 Å². The molecule has 0 saturated heterocycles. The second-order valence-corrected chi connectivity index (χ2v) is 5.34. The summed E-state index contributed by atoms with van der Waals surface area (Å²) in [6.45, 7) is 0. The molecule has 0 atom stereocenters. The van der Waals surface area contributed by atoms with Crippen LogP contribution in [-0.4, -0.2) is 6.29 Å². The first-order valence-electron chi connectivity index (χ1n) is 3.54. The summed E-state index contributed by atoms with van der Waals surface area (Å²) in [5.74, 6) is 0. The Hall–Kier alpha value is 0.0600. The predicted octanol–water partition coefficient (Wildman–Crippen LogP) is 4.08. The number of hydrogen-bond donors (Lipinski definition) is 0. The van der Waals surface area contributed by atoms with Crippen LogP contribution in [0.15, 0.2) is 22.0 Å². The van der Waals surface area contributed by atoms with Gasteiger partial charge >= 0.3 is 0 Å². The van der Waals surface area contributed by atoms with E-state index in [1.165, 1.54) is 4.70 Å². The number of carbonyl (C=O) groups is 1. The molecule has 0 saturated carbocycles. The second kappa shape index (κ2) is 3.67. The van der Waals surface area contributed by atoms with Gasteiger partial charge in [0, 0.05) is 18.3 Å². The minimum Gasteiger partial charge on any atom is -0.298 e. The Labute approximate surface area is 101 Å². The predicted molar refractivity (Wildman–Crippen MR) is 67.6 cm³/mol. The molecule has 0 spiro atoms. The quantitative estimate of drug-likeness (QED) is 0.549. The largest absolute Gasteiger partial charge is 0.298 e. The van der Waals surface area contributed by atoms with Crippen molar-refractivity contribution in [2.75, 3.05) is 0 Å². The van der Waals surface area contributed by atoms with E-state index in [4.69, 9.17) is 0 Å². The number of thiophene rings is 1. The lowest BCUT2D eigenvalue weighted by molar-refractivity contribution is 0.112. The number of hydrogen-bond acceptors (Lipinski definition) is 2. The number of carbonyl (C=O) groups excluding carboxylic acids is 1. The van der Waals surface area contributed by atoms with Crippen molar-refractivity contribution in [2.24, 2.45) is 0 Å². The van der Waals surface area contributed by atoms with Gasteiger partial charge < -0.3 is 0 Å². The van der Waals surface area contributed by atoms with Crippen LogP contribution < -0.4 is 0 Å². The summed E-state index contributed by atoms with van der Waals surface area (Å²) in [6, 6.07) is 3.94. The number of rotatable bonds is 1. The van der Waals surface area contributed by atoms with E-state index in [0.29, 0.717) is 0 Å². The molecule has 0 N–H and O–H groups in total. The molecule has 2 aromatic rings. The number of fused-ring (bicyclic) bond motifs is 1. The van der Waals surface area contributed by atoms with Crippen molar-refractivity contribution in [3.05, 3.63) is 31.1 Å². The highest BCUT2D eigenvalue weighted by Gasteiger charge is 2.09. The Morgan fingerprint density at radius 3 is 3.00 bits per heavy atom. The summed E-state index contributed by atoms with van der Waals surface area (Å²) in [7, 11) is 0. The van der Waals surface area contributed by atoms with Crippen molar-refractivity contribution in [2.45, 2.75) is 0 Å². The lowest BCUT2D eigenvalue weighted by atomic mass is 10.2. The first-order chi connectivity index (χ1) is 6.24. The van der Waals surface area contributed by atoms with Crippen LogP contribution in [0.2, 0.25) is 0 Å². The third-order valence-corrected chi connectivity index (χ3v) is 5.77. The van der Waals surface area contributed by atoms with Crippen molar-refractivity contribution >= 4 is 66.2 Å². The summed E-state index contributed by atoms with van der Waals surface area (Å²) in [4.78, 5) is 10.7. The van der Waals surface area contributed by atoms with Gasteiger partial charge in [0.15, 0.2) is 6.29 Å². The first-order valence-corrected chi connectivity index (χ1v) is 6.29. The SMILES string of the molecule is O=Cc1cc2ccsc2c(I)c1Br. The minimum atomic E-state index is 0.718. The zero-order valence-electron chi connectivity index (χ0n) is 6.38. The molecule has 1 nitrogen and oxygen atoms in total. The van der Waals surface area contributed by atoms with Gasteiger partial charge in [-0.25, -0.2) is 0 Å². The van der Waals surface area contributed by atoms with Crippen molar-refractivity contribution in [3.63, 3.8) is 0 Å². The lowest BCUT2D eigenvalue weighted by Crippen LogP contribution is -1.85. The fourth-order valence-electron chi connectivity index (χ4n) is 1.15. The normalized spacial score (nSPS) is 10.6. The average Bonchev–Trinajstić information content (AvgIpc) is 2.59. The smallest absolute Gasteiger partial charge is 0.151 e. The molecule has 0 aliphatic carbocycles. The van der Waals surface area contributed by atoms with Gasteiger partial charge in [-0.2, -0.15) is 0 Å². The van der Waals surface area contributed by atoms with Gasteiger partial charge in [0.2, 0.25) is 0 Å². The first kappa shape index (κ1) is 9.61. The maximum Gasteiger partial charge on any atom is 0.151 e. The Morgan fingerprint density at radius 1 is 1.54 bits per heavy atom. The molecule has 0 fully saturated rings. The summed E-state index contributed by atoms with van der Waals surface area (Å²) in [6.07, 6.45) is 0.878. The molecule has 2 rings (SSSR count). The van der Waals surface area contributed by atoms with Gasteiger partial charge in [0.05, 0.1) is 0 Å². The standard InChI is InChI=1S/C9H4BrIOS/c10-7-6(4-12)3-5-1-2-13-9(5)8(7)11/h1-4H. The van der Waals surface area contributed by atoms with E-state index in [1.807, 2.05) is 17.5 Å². The second-order valence-electron chi connectivity index (χ2n) is 2.55. The zero-order chi connectivity index (χ0) is 9.42. The Bertz CT molecular complexity index is 478. The Morgan fingerprint density at radius 2 is 2.31 bits per heavy atom. The highest BCUT2D eigenvalue weighted by Crippen LogP contribution is 2.33. The third kappa shape index (κ3) is 1.55. The molecule has 0 radical (unpaired) electrons. The Kier molecular flexibility index (Phi) is 2.71. The number of halogens is 2. The molecule has 1 heterocycles. The van der Waals surface area contributed by atoms with Crippen LogP contribution in [-0.2, 0) is 0 Å². The zero-order valence-corrected chi connectivity index (χ0v) is 10.9. The summed E-state index contributed by atoms with van der Waals surface area (Å²) in [5, 5.41) is 3.17. The molecule has 0 aliphatic rings. The fraction of sp³-hybridized carbons (Fsp3) is 0. The van der Waals surface area contributed by atoms with Crippen molar-refractivity contribution in [1.82, 2.24) is 0 Å². The molecule has 4 heteroatoms. The van der Waals surface area contributed by atoms with Gasteiger partial charge in [-0.05, 0) is 61.4 Å². The maximum atomic E-state index is 10.7. The monoisotopic (exact) mass is 366 g/mol. The van der Waals surface area contributed by atoms with Crippen LogP contribution in [0.3, 0.4) is 0 Å². The van der Waals surface area contributed by atoms with E-state index in [-0.39, 0.29) is 0 Å². The van der Waals surface area contributed by atoms with Crippen LogP contribution >= 0.6 is 49.9 Å². The van der Waals surface area contributed by atoms with Gasteiger partial charge in [0.1, 0.15) is 0 Å². The molecule has 0 aliphatic heterocycles. The highest BCUT2D eigenvalue weighted by atomic mass is 127. The number of aldehydes is 1.